The smallest absolute Gasteiger partial charge is 0.297 e. The Morgan fingerprint density at radius 2 is 0.980 bits per heavy atom. The van der Waals surface area contributed by atoms with E-state index in [4.69, 9.17) is 0 Å². The number of anilines is 4. The molecule has 2 N–H and O–H groups in total. The van der Waals surface area contributed by atoms with Crippen molar-refractivity contribution in [1.82, 2.24) is 0 Å². The second kappa shape index (κ2) is 14.1. The Morgan fingerprint density at radius 1 is 0.560 bits per heavy atom. The number of benzene rings is 4. The van der Waals surface area contributed by atoms with Gasteiger partial charge in [-0.15, -0.1) is 0 Å². The van der Waals surface area contributed by atoms with Crippen molar-refractivity contribution >= 4 is 33.9 Å². The van der Waals surface area contributed by atoms with Crippen molar-refractivity contribution in [3.05, 3.63) is 131 Å². The molecule has 0 atom stereocenters. The number of nitrogens with one attached hydrogen (secondary N) is 2. The van der Waals surface area contributed by atoms with E-state index < -0.39 is 92.4 Å². The quantitative estimate of drug-likeness (QED) is 0.0871. The van der Waals surface area contributed by atoms with Crippen LogP contribution < -0.4 is 10.6 Å². The molecule has 4 rings (SSSR count). The Hall–Kier alpha value is -5.00. The first kappa shape index (κ1) is 37.8. The predicted molar refractivity (Wildman–Crippen MR) is 178 cm³/mol. The van der Waals surface area contributed by atoms with Crippen molar-refractivity contribution in [3.63, 3.8) is 0 Å². The van der Waals surface area contributed by atoms with Crippen LogP contribution in [0.3, 0.4) is 0 Å². The number of alkyl halides is 4. The number of hydrogen-bond acceptors (Lipinski definition) is 2. The zero-order valence-corrected chi connectivity index (χ0v) is 27.4. The van der Waals surface area contributed by atoms with Crippen molar-refractivity contribution in [2.24, 2.45) is 0 Å². The third-order valence-corrected chi connectivity index (χ3v) is 7.92. The minimum Gasteiger partial charge on any atom is -0.352 e. The number of allylic oxidation sites excluding steroid dienone is 3. The maximum atomic E-state index is 15.5. The average molecular weight is 707 g/mol. The fourth-order valence-corrected chi connectivity index (χ4v) is 5.40. The molecule has 0 saturated heterocycles. The van der Waals surface area contributed by atoms with Crippen LogP contribution in [0.25, 0.3) is 22.3 Å². The van der Waals surface area contributed by atoms with Gasteiger partial charge in [-0.1, -0.05) is 57.3 Å². The summed E-state index contributed by atoms with van der Waals surface area (Å²) in [6.07, 6.45) is -1.00. The molecular formula is C38H32F10N2. The Bertz CT molecular complexity index is 2000. The molecule has 50 heavy (non-hydrogen) atoms. The summed E-state index contributed by atoms with van der Waals surface area (Å²) in [4.78, 5) is 0. The topological polar surface area (TPSA) is 24.1 Å². The van der Waals surface area contributed by atoms with E-state index in [1.54, 1.807) is 0 Å². The number of hydrogen-bond donors (Lipinski definition) is 2. The lowest BCUT2D eigenvalue weighted by molar-refractivity contribution is -0.0215. The SMILES string of the molecule is C=C(C)c1c(F)c(C(F)(F)CCC)c(F)c(F)c1Nc1ccc(-c2ccc(Nc3c(F)c(F)c(C(F)(F)C(=C)C)c(C(=C)C)c3F)cc2)cc1. The van der Waals surface area contributed by atoms with Gasteiger partial charge in [-0.3, -0.25) is 0 Å². The van der Waals surface area contributed by atoms with E-state index in [1.165, 1.54) is 69.3 Å². The highest BCUT2D eigenvalue weighted by Crippen LogP contribution is 2.46. The lowest BCUT2D eigenvalue weighted by Gasteiger charge is -2.24. The molecule has 0 fully saturated rings. The van der Waals surface area contributed by atoms with Gasteiger partial charge in [-0.05, 0) is 72.9 Å². The molecule has 4 aromatic carbocycles. The van der Waals surface area contributed by atoms with Gasteiger partial charge in [-0.2, -0.15) is 8.78 Å². The normalized spacial score (nSPS) is 11.8. The molecule has 0 saturated carbocycles. The highest BCUT2D eigenvalue weighted by molar-refractivity contribution is 5.80. The zero-order chi connectivity index (χ0) is 37.5. The van der Waals surface area contributed by atoms with Crippen LogP contribution in [0.5, 0.6) is 0 Å². The van der Waals surface area contributed by atoms with Gasteiger partial charge < -0.3 is 10.6 Å². The standard InChI is InChI=1S/C38H32F10N2/c1-8-17-37(45,46)28-29(39)26(19(4)5)35(33(43)32(28)42)49-23-13-9-21(10-14-23)22-11-15-24(16-12-22)50-36-30(40)25(18(2)3)27(31(41)34(36)44)38(47,48)20(6)7/h9-16,49-50H,2,4,6,8,17H2,1,3,5,7H3. The molecule has 0 aromatic heterocycles. The first-order valence-corrected chi connectivity index (χ1v) is 15.2. The van der Waals surface area contributed by atoms with Gasteiger partial charge in [0, 0.05) is 28.9 Å². The molecule has 0 radical (unpaired) electrons. The molecule has 0 aliphatic heterocycles. The van der Waals surface area contributed by atoms with E-state index in [-0.39, 0.29) is 28.9 Å². The van der Waals surface area contributed by atoms with Gasteiger partial charge in [0.25, 0.3) is 11.8 Å². The summed E-state index contributed by atoms with van der Waals surface area (Å²) < 4.78 is 150. The minimum absolute atomic E-state index is 0.0659. The fourth-order valence-electron chi connectivity index (χ4n) is 5.40. The van der Waals surface area contributed by atoms with Gasteiger partial charge in [0.15, 0.2) is 29.1 Å². The average Bonchev–Trinajstić information content (AvgIpc) is 3.03. The summed E-state index contributed by atoms with van der Waals surface area (Å²) in [5.74, 6) is -18.7. The molecule has 0 aliphatic rings. The lowest BCUT2D eigenvalue weighted by Crippen LogP contribution is -2.22. The van der Waals surface area contributed by atoms with Crippen molar-refractivity contribution in [2.45, 2.75) is 52.4 Å². The molecule has 0 unspecified atom stereocenters. The van der Waals surface area contributed by atoms with E-state index in [0.717, 1.165) is 6.92 Å². The monoisotopic (exact) mass is 706 g/mol. The van der Waals surface area contributed by atoms with Crippen molar-refractivity contribution < 1.29 is 43.9 Å². The first-order valence-electron chi connectivity index (χ1n) is 15.2. The highest BCUT2D eigenvalue weighted by Gasteiger charge is 2.43. The van der Waals surface area contributed by atoms with Gasteiger partial charge in [0.1, 0.15) is 11.5 Å². The first-order chi connectivity index (χ1) is 23.3. The van der Waals surface area contributed by atoms with Gasteiger partial charge in [0.05, 0.1) is 16.8 Å². The maximum Gasteiger partial charge on any atom is 0.297 e. The van der Waals surface area contributed by atoms with Crippen LogP contribution in [0.15, 0.2) is 73.8 Å². The molecular weight excluding hydrogens is 674 g/mol. The third kappa shape index (κ3) is 6.88. The molecule has 0 heterocycles. The van der Waals surface area contributed by atoms with Crippen molar-refractivity contribution in [1.29, 1.82) is 0 Å². The molecule has 4 aromatic rings. The van der Waals surface area contributed by atoms with E-state index in [9.17, 15) is 22.0 Å². The van der Waals surface area contributed by atoms with Gasteiger partial charge in [0.2, 0.25) is 0 Å². The summed E-state index contributed by atoms with van der Waals surface area (Å²) in [6, 6.07) is 11.7. The Kier molecular flexibility index (Phi) is 10.7. The summed E-state index contributed by atoms with van der Waals surface area (Å²) in [6.45, 7) is 14.8. The van der Waals surface area contributed by atoms with E-state index >= 15 is 22.0 Å². The second-order valence-corrected chi connectivity index (χ2v) is 11.9. The molecule has 0 amide bonds. The van der Waals surface area contributed by atoms with Crippen LogP contribution in [-0.4, -0.2) is 0 Å². The summed E-state index contributed by atoms with van der Waals surface area (Å²) in [5, 5.41) is 4.94. The van der Waals surface area contributed by atoms with E-state index in [1.807, 2.05) is 0 Å². The molecule has 0 bridgehead atoms. The van der Waals surface area contributed by atoms with Gasteiger partial charge in [-0.25, -0.2) is 35.1 Å². The van der Waals surface area contributed by atoms with Crippen LogP contribution in [0.4, 0.5) is 66.7 Å². The van der Waals surface area contributed by atoms with Crippen LogP contribution in [-0.2, 0) is 11.8 Å². The lowest BCUT2D eigenvalue weighted by atomic mass is 9.91. The Morgan fingerprint density at radius 3 is 1.40 bits per heavy atom. The Balaban J connectivity index is 1.64. The van der Waals surface area contributed by atoms with Crippen LogP contribution in [0.2, 0.25) is 0 Å². The molecule has 264 valence electrons. The molecule has 12 heteroatoms. The van der Waals surface area contributed by atoms with Gasteiger partial charge >= 0.3 is 0 Å². The molecule has 2 nitrogen and oxygen atoms in total. The predicted octanol–water partition coefficient (Wildman–Crippen LogP) is 13.3. The van der Waals surface area contributed by atoms with E-state index in [0.29, 0.717) is 11.1 Å². The molecule has 0 spiro atoms. The number of rotatable bonds is 12. The third-order valence-electron chi connectivity index (χ3n) is 7.92. The van der Waals surface area contributed by atoms with E-state index in [2.05, 4.69) is 30.4 Å². The fraction of sp³-hybridized carbons (Fsp3) is 0.211. The molecule has 0 aliphatic carbocycles. The summed E-state index contributed by atoms with van der Waals surface area (Å²) in [5.41, 5.74) is -6.35. The van der Waals surface area contributed by atoms with Crippen molar-refractivity contribution in [2.75, 3.05) is 10.6 Å². The Labute approximate surface area is 282 Å². The zero-order valence-electron chi connectivity index (χ0n) is 27.4. The minimum atomic E-state index is -4.09. The van der Waals surface area contributed by atoms with Crippen LogP contribution >= 0.6 is 0 Å². The highest BCUT2D eigenvalue weighted by atomic mass is 19.3. The van der Waals surface area contributed by atoms with Crippen LogP contribution in [0.1, 0.15) is 62.8 Å². The maximum absolute atomic E-state index is 15.5. The van der Waals surface area contributed by atoms with Crippen LogP contribution in [0, 0.1) is 34.9 Å². The van der Waals surface area contributed by atoms with Crippen molar-refractivity contribution in [3.8, 4) is 11.1 Å². The number of halogens is 10. The summed E-state index contributed by atoms with van der Waals surface area (Å²) in [7, 11) is 0. The second-order valence-electron chi connectivity index (χ2n) is 11.9. The largest absolute Gasteiger partial charge is 0.352 e. The summed E-state index contributed by atoms with van der Waals surface area (Å²) >= 11 is 0.